The van der Waals surface area contributed by atoms with E-state index in [1.54, 1.807) is 28.0 Å². The van der Waals surface area contributed by atoms with Gasteiger partial charge in [0.15, 0.2) is 10.1 Å². The Bertz CT molecular complexity index is 1400. The van der Waals surface area contributed by atoms with Crippen molar-refractivity contribution in [3.05, 3.63) is 54.5 Å². The minimum absolute atomic E-state index is 0.0787. The van der Waals surface area contributed by atoms with Crippen LogP contribution in [0.15, 0.2) is 32.4 Å². The lowest BCUT2D eigenvalue weighted by molar-refractivity contribution is 0.474. The monoisotopic (exact) mass is 472 g/mol. The number of thioether (sulfide) groups is 1. The molecule has 0 radical (unpaired) electrons. The summed E-state index contributed by atoms with van der Waals surface area (Å²) in [5.74, 6) is 1.49. The molecular weight excluding hydrogens is 448 g/mol. The molecule has 0 saturated heterocycles. The molecule has 162 valence electrons. The van der Waals surface area contributed by atoms with Crippen LogP contribution in [0, 0.1) is 11.8 Å². The second kappa shape index (κ2) is 8.18. The van der Waals surface area contributed by atoms with Gasteiger partial charge in [-0.15, -0.1) is 22.7 Å². The Morgan fingerprint density at radius 3 is 2.94 bits per heavy atom. The van der Waals surface area contributed by atoms with Crippen molar-refractivity contribution in [3.63, 3.8) is 0 Å². The lowest BCUT2D eigenvalue weighted by Gasteiger charge is -2.18. The van der Waals surface area contributed by atoms with E-state index in [4.69, 9.17) is 4.98 Å². The number of nitrogens with zero attached hydrogens (tertiary/aromatic N) is 4. The molecule has 31 heavy (non-hydrogen) atoms. The van der Waals surface area contributed by atoms with E-state index in [1.165, 1.54) is 33.5 Å². The highest BCUT2D eigenvalue weighted by molar-refractivity contribution is 7.98. The molecule has 4 aromatic rings. The zero-order chi connectivity index (χ0) is 21.7. The first kappa shape index (κ1) is 20.9. The number of hydrogen-bond donors (Lipinski definition) is 0. The number of aryl methyl sites for hydroxylation is 1. The summed E-state index contributed by atoms with van der Waals surface area (Å²) in [5.41, 5.74) is 1.93. The fraction of sp³-hybridized carbons (Fsp3) is 0.455. The molecule has 9 heteroatoms. The second-order valence-corrected chi connectivity index (χ2v) is 11.6. The maximum absolute atomic E-state index is 13.6. The first-order chi connectivity index (χ1) is 14.9. The molecule has 0 N–H and O–H groups in total. The summed E-state index contributed by atoms with van der Waals surface area (Å²) in [6, 6.07) is 1.57. The molecule has 1 aliphatic carbocycles. The number of thiophene rings is 1. The van der Waals surface area contributed by atoms with Crippen LogP contribution in [0.1, 0.15) is 43.3 Å². The molecule has 4 heterocycles. The van der Waals surface area contributed by atoms with E-state index in [9.17, 15) is 9.59 Å². The Kier molecular flexibility index (Phi) is 5.52. The van der Waals surface area contributed by atoms with Crippen molar-refractivity contribution < 1.29 is 0 Å². The van der Waals surface area contributed by atoms with Crippen LogP contribution in [-0.2, 0) is 25.1 Å². The van der Waals surface area contributed by atoms with Crippen molar-refractivity contribution in [2.45, 2.75) is 57.5 Å². The highest BCUT2D eigenvalue weighted by atomic mass is 32.2. The Morgan fingerprint density at radius 2 is 2.13 bits per heavy atom. The van der Waals surface area contributed by atoms with Crippen molar-refractivity contribution in [2.24, 2.45) is 11.8 Å². The fourth-order valence-corrected chi connectivity index (χ4v) is 7.21. The van der Waals surface area contributed by atoms with Crippen molar-refractivity contribution >= 4 is 49.6 Å². The zero-order valence-electron chi connectivity index (χ0n) is 17.8. The van der Waals surface area contributed by atoms with Crippen LogP contribution in [0.4, 0.5) is 0 Å². The first-order valence-electron chi connectivity index (χ1n) is 10.5. The van der Waals surface area contributed by atoms with E-state index in [0.29, 0.717) is 39.9 Å². The predicted molar refractivity (Wildman–Crippen MR) is 129 cm³/mol. The highest BCUT2D eigenvalue weighted by Gasteiger charge is 2.25. The lowest BCUT2D eigenvalue weighted by Crippen LogP contribution is -2.26. The Morgan fingerprint density at radius 1 is 1.29 bits per heavy atom. The van der Waals surface area contributed by atoms with Crippen molar-refractivity contribution in [2.75, 3.05) is 0 Å². The van der Waals surface area contributed by atoms with E-state index in [0.717, 1.165) is 29.5 Å². The molecule has 0 aromatic carbocycles. The van der Waals surface area contributed by atoms with Gasteiger partial charge in [0, 0.05) is 34.8 Å². The standard InChI is InChI=1S/C22H24N4O2S3/c1-12(2)10-26-20(28)18-15-5-4-13(3)8-16(15)31-19(18)24-22(26)30-11-14-9-17(27)25-6-7-29-21(25)23-14/h6-7,9,12-13H,4-5,8,10-11H2,1-3H3. The van der Waals surface area contributed by atoms with E-state index in [-0.39, 0.29) is 11.1 Å². The normalized spacial score (nSPS) is 16.5. The van der Waals surface area contributed by atoms with E-state index in [1.807, 2.05) is 9.95 Å². The minimum Gasteiger partial charge on any atom is -0.287 e. The van der Waals surface area contributed by atoms with Gasteiger partial charge >= 0.3 is 0 Å². The van der Waals surface area contributed by atoms with Gasteiger partial charge in [-0.3, -0.25) is 18.6 Å². The summed E-state index contributed by atoms with van der Waals surface area (Å²) >= 11 is 4.61. The average molecular weight is 473 g/mol. The van der Waals surface area contributed by atoms with Crippen molar-refractivity contribution in [1.82, 2.24) is 18.9 Å². The molecule has 0 spiro atoms. The maximum Gasteiger partial charge on any atom is 0.263 e. The smallest absolute Gasteiger partial charge is 0.263 e. The summed E-state index contributed by atoms with van der Waals surface area (Å²) in [6.45, 7) is 7.14. The molecule has 0 aliphatic heterocycles. The average Bonchev–Trinajstić information content (AvgIpc) is 3.32. The minimum atomic E-state index is -0.0788. The first-order valence-corrected chi connectivity index (χ1v) is 13.2. The molecule has 0 amide bonds. The van der Waals surface area contributed by atoms with Gasteiger partial charge in [-0.1, -0.05) is 32.5 Å². The maximum atomic E-state index is 13.6. The van der Waals surface area contributed by atoms with Gasteiger partial charge in [0.2, 0.25) is 0 Å². The second-order valence-electron chi connectivity index (χ2n) is 8.67. The number of rotatable bonds is 5. The van der Waals surface area contributed by atoms with Gasteiger partial charge in [-0.05, 0) is 36.7 Å². The van der Waals surface area contributed by atoms with Gasteiger partial charge in [0.1, 0.15) is 4.83 Å². The predicted octanol–water partition coefficient (Wildman–Crippen LogP) is 4.60. The van der Waals surface area contributed by atoms with Crippen LogP contribution in [-0.4, -0.2) is 18.9 Å². The summed E-state index contributed by atoms with van der Waals surface area (Å²) in [4.78, 5) is 38.3. The van der Waals surface area contributed by atoms with Crippen LogP contribution in [0.2, 0.25) is 0 Å². The molecule has 1 aliphatic rings. The molecule has 0 bridgehead atoms. The number of hydrogen-bond acceptors (Lipinski definition) is 7. The van der Waals surface area contributed by atoms with Gasteiger partial charge < -0.3 is 0 Å². The van der Waals surface area contributed by atoms with Crippen LogP contribution in [0.25, 0.3) is 15.2 Å². The molecule has 5 rings (SSSR count). The van der Waals surface area contributed by atoms with E-state index < -0.39 is 0 Å². The number of aromatic nitrogens is 4. The third-order valence-electron chi connectivity index (χ3n) is 5.63. The van der Waals surface area contributed by atoms with Crippen LogP contribution < -0.4 is 11.1 Å². The summed E-state index contributed by atoms with van der Waals surface area (Å²) in [7, 11) is 0. The summed E-state index contributed by atoms with van der Waals surface area (Å²) in [5, 5.41) is 3.40. The molecule has 1 atom stereocenters. The van der Waals surface area contributed by atoms with Crippen LogP contribution in [0.5, 0.6) is 0 Å². The quantitative estimate of drug-likeness (QED) is 0.314. The summed E-state index contributed by atoms with van der Waals surface area (Å²) in [6.07, 6.45) is 4.88. The molecule has 4 aromatic heterocycles. The van der Waals surface area contributed by atoms with Gasteiger partial charge in [-0.25, -0.2) is 9.97 Å². The Labute approximate surface area is 192 Å². The van der Waals surface area contributed by atoms with Crippen molar-refractivity contribution in [3.8, 4) is 0 Å². The van der Waals surface area contributed by atoms with Gasteiger partial charge in [-0.2, -0.15) is 0 Å². The van der Waals surface area contributed by atoms with E-state index >= 15 is 0 Å². The van der Waals surface area contributed by atoms with Crippen molar-refractivity contribution in [1.29, 1.82) is 0 Å². The third kappa shape index (κ3) is 3.87. The van der Waals surface area contributed by atoms with Gasteiger partial charge in [0.25, 0.3) is 11.1 Å². The molecule has 6 nitrogen and oxygen atoms in total. The Hall–Kier alpha value is -1.97. The highest BCUT2D eigenvalue weighted by Crippen LogP contribution is 2.36. The van der Waals surface area contributed by atoms with Crippen LogP contribution >= 0.6 is 34.4 Å². The largest absolute Gasteiger partial charge is 0.287 e. The third-order valence-corrected chi connectivity index (χ3v) is 8.55. The lowest BCUT2D eigenvalue weighted by atomic mass is 9.89. The Balaban J connectivity index is 1.56. The zero-order valence-corrected chi connectivity index (χ0v) is 20.2. The van der Waals surface area contributed by atoms with E-state index in [2.05, 4.69) is 25.8 Å². The molecule has 1 unspecified atom stereocenters. The molecule has 0 saturated carbocycles. The molecular formula is C22H24N4O2S3. The SMILES string of the molecule is CC(C)Cn1c(SCc2cc(=O)n3ccsc3n2)nc2sc3c(c2c1=O)CCC(C)C3. The van der Waals surface area contributed by atoms with Gasteiger partial charge in [0.05, 0.1) is 11.1 Å². The topological polar surface area (TPSA) is 69.3 Å². The van der Waals surface area contributed by atoms with Crippen LogP contribution in [0.3, 0.4) is 0 Å². The molecule has 0 fully saturated rings. The number of fused-ring (bicyclic) bond motifs is 4. The fourth-order valence-electron chi connectivity index (χ4n) is 4.14. The summed E-state index contributed by atoms with van der Waals surface area (Å²) < 4.78 is 3.38. The number of thiazole rings is 1.